The van der Waals surface area contributed by atoms with Crippen LogP contribution < -0.4 is 16.4 Å². The Bertz CT molecular complexity index is 901. The van der Waals surface area contributed by atoms with Gasteiger partial charge in [-0.05, 0) is 53.8 Å². The maximum atomic E-state index is 6.21. The third kappa shape index (κ3) is 2.35. The molecule has 3 aromatic carbocycles. The molecule has 1 aliphatic heterocycles. The number of fused-ring (bicyclic) bond motifs is 2. The summed E-state index contributed by atoms with van der Waals surface area (Å²) in [5.41, 5.74) is 22.4. The zero-order valence-corrected chi connectivity index (χ0v) is 14.9. The van der Waals surface area contributed by atoms with Crippen molar-refractivity contribution in [1.82, 2.24) is 0 Å². The second-order valence-corrected chi connectivity index (χ2v) is 6.94. The Labute approximate surface area is 148 Å². The van der Waals surface area contributed by atoms with Gasteiger partial charge < -0.3 is 16.4 Å². The second-order valence-electron chi connectivity index (χ2n) is 6.94. The van der Waals surface area contributed by atoms with Crippen LogP contribution in [0.3, 0.4) is 0 Å². The molecular formula is C22H23N3. The molecule has 0 radical (unpaired) electrons. The number of hydrogen-bond donors (Lipinski definition) is 2. The van der Waals surface area contributed by atoms with Crippen molar-refractivity contribution in [3.05, 3.63) is 82.4 Å². The van der Waals surface area contributed by atoms with E-state index in [4.69, 9.17) is 11.5 Å². The minimum absolute atomic E-state index is 0.181. The summed E-state index contributed by atoms with van der Waals surface area (Å²) in [4.78, 5) is 2.20. The lowest BCUT2D eigenvalue weighted by molar-refractivity contribution is 0.922. The average Bonchev–Trinajstić information content (AvgIpc) is 2.60. The highest BCUT2D eigenvalue weighted by molar-refractivity contribution is 5.82. The maximum absolute atomic E-state index is 6.21. The number of rotatable bonds is 1. The Hall–Kier alpha value is -2.94. The largest absolute Gasteiger partial charge is 0.398 e. The highest BCUT2D eigenvalue weighted by atomic mass is 15.1. The molecule has 1 heterocycles. The van der Waals surface area contributed by atoms with Crippen LogP contribution in [0.25, 0.3) is 0 Å². The standard InChI is InChI=1S/C22H23N3/c1-13-9-16-20(11-18(13)23)25(3)21-12-19(24)14(2)10-17(21)22(16)15-7-5-4-6-8-15/h4-12,22H,23-24H2,1-3H3. The molecular weight excluding hydrogens is 306 g/mol. The molecule has 3 aromatic rings. The fraction of sp³-hybridized carbons (Fsp3) is 0.182. The van der Waals surface area contributed by atoms with Gasteiger partial charge in [-0.25, -0.2) is 0 Å². The molecule has 0 amide bonds. The van der Waals surface area contributed by atoms with Crippen LogP contribution in [-0.2, 0) is 0 Å². The van der Waals surface area contributed by atoms with Gasteiger partial charge in [0.05, 0.1) is 0 Å². The van der Waals surface area contributed by atoms with Gasteiger partial charge in [0.2, 0.25) is 0 Å². The predicted octanol–water partition coefficient (Wildman–Crippen LogP) is 4.73. The zero-order valence-electron chi connectivity index (χ0n) is 14.9. The molecule has 25 heavy (non-hydrogen) atoms. The molecule has 126 valence electrons. The summed E-state index contributed by atoms with van der Waals surface area (Å²) in [6.45, 7) is 4.14. The smallest absolute Gasteiger partial charge is 0.0471 e. The fourth-order valence-corrected chi connectivity index (χ4v) is 3.82. The van der Waals surface area contributed by atoms with Crippen molar-refractivity contribution in [3.8, 4) is 0 Å². The number of nitrogens with zero attached hydrogens (tertiary/aromatic N) is 1. The minimum atomic E-state index is 0.181. The van der Waals surface area contributed by atoms with E-state index in [1.165, 1.54) is 16.7 Å². The second kappa shape index (κ2) is 5.55. The van der Waals surface area contributed by atoms with Crippen LogP contribution in [0.4, 0.5) is 22.7 Å². The van der Waals surface area contributed by atoms with Crippen LogP contribution in [0.1, 0.15) is 33.7 Å². The molecule has 0 saturated carbocycles. The van der Waals surface area contributed by atoms with E-state index in [1.54, 1.807) is 0 Å². The van der Waals surface area contributed by atoms with Crippen LogP contribution >= 0.6 is 0 Å². The summed E-state index contributed by atoms with van der Waals surface area (Å²) < 4.78 is 0. The quantitative estimate of drug-likeness (QED) is 0.635. The van der Waals surface area contributed by atoms with E-state index in [9.17, 15) is 0 Å². The molecule has 3 heteroatoms. The third-order valence-corrected chi connectivity index (χ3v) is 5.31. The van der Waals surface area contributed by atoms with E-state index < -0.39 is 0 Å². The van der Waals surface area contributed by atoms with Crippen LogP contribution in [0.2, 0.25) is 0 Å². The number of aryl methyl sites for hydroxylation is 2. The van der Waals surface area contributed by atoms with Crippen molar-refractivity contribution < 1.29 is 0 Å². The Morgan fingerprint density at radius 3 is 1.72 bits per heavy atom. The number of nitrogens with two attached hydrogens (primary N) is 2. The van der Waals surface area contributed by atoms with Crippen molar-refractivity contribution >= 4 is 22.7 Å². The first-order valence-corrected chi connectivity index (χ1v) is 8.56. The van der Waals surface area contributed by atoms with Gasteiger partial charge in [0, 0.05) is 35.7 Å². The summed E-state index contributed by atoms with van der Waals surface area (Å²) in [6, 6.07) is 19.3. The van der Waals surface area contributed by atoms with Gasteiger partial charge in [0.25, 0.3) is 0 Å². The molecule has 0 saturated heterocycles. The van der Waals surface area contributed by atoms with Crippen molar-refractivity contribution in [1.29, 1.82) is 0 Å². The summed E-state index contributed by atoms with van der Waals surface area (Å²) in [6.07, 6.45) is 0. The Balaban J connectivity index is 2.05. The minimum Gasteiger partial charge on any atom is -0.398 e. The molecule has 0 bridgehead atoms. The topological polar surface area (TPSA) is 55.3 Å². The van der Waals surface area contributed by atoms with E-state index in [0.717, 1.165) is 33.9 Å². The average molecular weight is 329 g/mol. The third-order valence-electron chi connectivity index (χ3n) is 5.31. The van der Waals surface area contributed by atoms with Gasteiger partial charge in [-0.2, -0.15) is 0 Å². The molecule has 4 N–H and O–H groups in total. The first kappa shape index (κ1) is 15.6. The lowest BCUT2D eigenvalue weighted by Gasteiger charge is -2.37. The highest BCUT2D eigenvalue weighted by Gasteiger charge is 2.31. The molecule has 0 aromatic heterocycles. The van der Waals surface area contributed by atoms with Gasteiger partial charge in [-0.1, -0.05) is 42.5 Å². The van der Waals surface area contributed by atoms with Crippen molar-refractivity contribution in [2.75, 3.05) is 23.4 Å². The molecule has 0 fully saturated rings. The predicted molar refractivity (Wildman–Crippen MR) is 107 cm³/mol. The highest BCUT2D eigenvalue weighted by Crippen LogP contribution is 2.49. The van der Waals surface area contributed by atoms with Crippen molar-refractivity contribution in [2.45, 2.75) is 19.8 Å². The lowest BCUT2D eigenvalue weighted by atomic mass is 9.79. The van der Waals surface area contributed by atoms with Gasteiger partial charge in [0.1, 0.15) is 0 Å². The molecule has 0 unspecified atom stereocenters. The van der Waals surface area contributed by atoms with E-state index in [1.807, 2.05) is 0 Å². The lowest BCUT2D eigenvalue weighted by Crippen LogP contribution is -2.23. The summed E-state index contributed by atoms with van der Waals surface area (Å²) in [5.74, 6) is 0.181. The Morgan fingerprint density at radius 2 is 1.24 bits per heavy atom. The normalized spacial score (nSPS) is 13.5. The Kier molecular flexibility index (Phi) is 3.46. The number of anilines is 4. The van der Waals surface area contributed by atoms with Crippen LogP contribution in [0.5, 0.6) is 0 Å². The zero-order chi connectivity index (χ0) is 17.7. The Morgan fingerprint density at radius 1 is 0.760 bits per heavy atom. The SMILES string of the molecule is Cc1cc2c(cc1N)N(C)c1cc(N)c(C)cc1C2c1ccccc1. The first-order chi connectivity index (χ1) is 12.0. The maximum Gasteiger partial charge on any atom is 0.0471 e. The molecule has 0 aliphatic carbocycles. The molecule has 1 aliphatic rings. The van der Waals surface area contributed by atoms with Crippen LogP contribution in [0, 0.1) is 13.8 Å². The number of hydrogen-bond acceptors (Lipinski definition) is 3. The summed E-state index contributed by atoms with van der Waals surface area (Å²) in [5, 5.41) is 0. The van der Waals surface area contributed by atoms with Gasteiger partial charge in [0.15, 0.2) is 0 Å². The molecule has 4 rings (SSSR count). The van der Waals surface area contributed by atoms with Gasteiger partial charge >= 0.3 is 0 Å². The van der Waals surface area contributed by atoms with E-state index in [2.05, 4.69) is 80.4 Å². The van der Waals surface area contributed by atoms with E-state index >= 15 is 0 Å². The van der Waals surface area contributed by atoms with E-state index in [0.29, 0.717) is 0 Å². The molecule has 0 atom stereocenters. The summed E-state index contributed by atoms with van der Waals surface area (Å²) >= 11 is 0. The monoisotopic (exact) mass is 329 g/mol. The van der Waals surface area contributed by atoms with Crippen LogP contribution in [-0.4, -0.2) is 7.05 Å². The van der Waals surface area contributed by atoms with Gasteiger partial charge in [-0.3, -0.25) is 0 Å². The van der Waals surface area contributed by atoms with Gasteiger partial charge in [-0.15, -0.1) is 0 Å². The van der Waals surface area contributed by atoms with Crippen molar-refractivity contribution in [3.63, 3.8) is 0 Å². The summed E-state index contributed by atoms with van der Waals surface area (Å²) in [7, 11) is 2.09. The van der Waals surface area contributed by atoms with Crippen molar-refractivity contribution in [2.24, 2.45) is 0 Å². The molecule has 3 nitrogen and oxygen atoms in total. The fourth-order valence-electron chi connectivity index (χ4n) is 3.82. The van der Waals surface area contributed by atoms with E-state index in [-0.39, 0.29) is 5.92 Å². The number of nitrogen functional groups attached to an aromatic ring is 2. The van der Waals surface area contributed by atoms with Crippen LogP contribution in [0.15, 0.2) is 54.6 Å². The first-order valence-electron chi connectivity index (χ1n) is 8.56. The number of benzene rings is 3. The molecule has 0 spiro atoms.